The predicted molar refractivity (Wildman–Crippen MR) is 228 cm³/mol. The van der Waals surface area contributed by atoms with E-state index in [4.69, 9.17) is 0 Å². The van der Waals surface area contributed by atoms with Crippen LogP contribution in [0.25, 0.3) is 31.3 Å². The molecule has 2 heterocycles. The number of hydrogen-bond acceptors (Lipinski definition) is 4. The summed E-state index contributed by atoms with van der Waals surface area (Å²) in [5.41, 5.74) is 12.1. The van der Waals surface area contributed by atoms with Gasteiger partial charge in [-0.3, -0.25) is 0 Å². The van der Waals surface area contributed by atoms with E-state index in [2.05, 4.69) is 204 Å². The summed E-state index contributed by atoms with van der Waals surface area (Å²) in [6.45, 7) is 0. The first-order chi connectivity index (χ1) is 26.3. The normalized spacial score (nSPS) is 12.0. The molecule has 0 spiro atoms. The van der Waals surface area contributed by atoms with Crippen LogP contribution in [-0.4, -0.2) is 0 Å². The van der Waals surface area contributed by atoms with Gasteiger partial charge in [-0.05, 0) is 101 Å². The lowest BCUT2D eigenvalue weighted by Gasteiger charge is -2.30. The molecule has 0 bridgehead atoms. The van der Waals surface area contributed by atoms with E-state index in [9.17, 15) is 0 Å². The molecule has 0 aliphatic carbocycles. The predicted octanol–water partition coefficient (Wildman–Crippen LogP) is 14.7. The van der Waals surface area contributed by atoms with Gasteiger partial charge in [-0.1, -0.05) is 133 Å². The van der Waals surface area contributed by atoms with E-state index in [-0.39, 0.29) is 0 Å². The van der Waals surface area contributed by atoms with Crippen molar-refractivity contribution >= 4 is 77.4 Å². The quantitative estimate of drug-likeness (QED) is 0.162. The van der Waals surface area contributed by atoms with E-state index in [1.54, 1.807) is 0 Å². The van der Waals surface area contributed by atoms with Crippen LogP contribution in [0, 0.1) is 0 Å². The molecule has 4 heteroatoms. The van der Waals surface area contributed by atoms with Crippen LogP contribution in [0.5, 0.6) is 0 Å². The lowest BCUT2D eigenvalue weighted by molar-refractivity contribution is 1.04. The van der Waals surface area contributed by atoms with Crippen LogP contribution in [0.15, 0.2) is 204 Å². The van der Waals surface area contributed by atoms with Crippen LogP contribution in [0.2, 0.25) is 0 Å². The Kier molecular flexibility index (Phi) is 8.05. The first-order valence-corrected chi connectivity index (χ1v) is 19.6. The number of benzene rings is 8. The summed E-state index contributed by atoms with van der Waals surface area (Å²) in [4.78, 5) is 7.45. The van der Waals surface area contributed by atoms with Gasteiger partial charge in [-0.25, -0.2) is 0 Å². The molecule has 0 saturated heterocycles. The molecular weight excluding hydrogens is 681 g/mol. The molecule has 0 fully saturated rings. The average molecular weight is 715 g/mol. The Morgan fingerprint density at radius 2 is 0.887 bits per heavy atom. The zero-order valence-corrected chi connectivity index (χ0v) is 30.5. The highest BCUT2D eigenvalue weighted by molar-refractivity contribution is 7.99. The smallest absolute Gasteiger partial charge is 0.0640 e. The monoisotopic (exact) mass is 714 g/mol. The van der Waals surface area contributed by atoms with Crippen molar-refractivity contribution in [2.24, 2.45) is 0 Å². The van der Waals surface area contributed by atoms with E-state index in [1.807, 2.05) is 23.1 Å². The molecule has 9 aromatic rings. The van der Waals surface area contributed by atoms with Gasteiger partial charge in [0.05, 0.1) is 16.1 Å². The molecule has 10 rings (SSSR count). The highest BCUT2D eigenvalue weighted by Crippen LogP contribution is 2.49. The van der Waals surface area contributed by atoms with Crippen molar-refractivity contribution < 1.29 is 0 Å². The minimum Gasteiger partial charge on any atom is -0.309 e. The third-order valence-corrected chi connectivity index (χ3v) is 12.6. The van der Waals surface area contributed by atoms with Crippen molar-refractivity contribution in [1.82, 2.24) is 0 Å². The lowest BCUT2D eigenvalue weighted by Crippen LogP contribution is -2.13. The molecule has 1 aliphatic rings. The second kappa shape index (κ2) is 13.5. The first kappa shape index (κ1) is 31.6. The number of nitrogens with zero attached hydrogens (tertiary/aromatic N) is 2. The minimum absolute atomic E-state index is 0.949. The summed E-state index contributed by atoms with van der Waals surface area (Å²) in [5.74, 6) is 0. The fraction of sp³-hybridized carbons (Fsp3) is 0.0204. The lowest BCUT2D eigenvalue weighted by atomic mass is 10.0. The highest BCUT2D eigenvalue weighted by atomic mass is 32.2. The van der Waals surface area contributed by atoms with Gasteiger partial charge >= 0.3 is 0 Å². The Morgan fingerprint density at radius 1 is 0.377 bits per heavy atom. The van der Waals surface area contributed by atoms with Crippen molar-refractivity contribution in [2.75, 3.05) is 9.80 Å². The standard InChI is InChI=1S/C49H34N2S2/c1-3-15-38(16-4-1)50(44-21-11-14-37-33-36-13-7-9-23-46(36)52-48(37)44)40-29-25-34(26-30-40)35-27-31-41(32-28-35)51(39-17-5-2-6-18-39)45-22-12-20-43-42-19-8-10-24-47(42)53-49(43)45/h1-32H,33H2. The Morgan fingerprint density at radius 3 is 1.58 bits per heavy atom. The summed E-state index contributed by atoms with van der Waals surface area (Å²) in [5, 5.41) is 2.60. The van der Waals surface area contributed by atoms with E-state index in [0.717, 1.165) is 29.2 Å². The molecule has 1 aromatic heterocycles. The highest BCUT2D eigenvalue weighted by Gasteiger charge is 2.24. The average Bonchev–Trinajstić information content (AvgIpc) is 3.61. The molecule has 1 aliphatic heterocycles. The minimum atomic E-state index is 0.949. The maximum Gasteiger partial charge on any atom is 0.0640 e. The number of hydrogen-bond donors (Lipinski definition) is 0. The van der Waals surface area contributed by atoms with Crippen molar-refractivity contribution in [3.8, 4) is 11.1 Å². The number of fused-ring (bicyclic) bond motifs is 5. The molecule has 2 nitrogen and oxygen atoms in total. The summed E-state index contributed by atoms with van der Waals surface area (Å²) in [7, 11) is 0. The summed E-state index contributed by atoms with van der Waals surface area (Å²) in [6, 6.07) is 70.4. The van der Waals surface area contributed by atoms with Gasteiger partial charge in [0.2, 0.25) is 0 Å². The summed E-state index contributed by atoms with van der Waals surface area (Å²) in [6.07, 6.45) is 0.949. The van der Waals surface area contributed by atoms with Gasteiger partial charge in [0.1, 0.15) is 0 Å². The van der Waals surface area contributed by atoms with Crippen LogP contribution >= 0.6 is 23.1 Å². The Labute approximate surface area is 318 Å². The van der Waals surface area contributed by atoms with Gasteiger partial charge in [0, 0.05) is 48.0 Å². The van der Waals surface area contributed by atoms with E-state index in [1.165, 1.54) is 63.6 Å². The maximum atomic E-state index is 2.40. The number of rotatable bonds is 7. The summed E-state index contributed by atoms with van der Waals surface area (Å²) >= 11 is 3.75. The number of thiophene rings is 1. The van der Waals surface area contributed by atoms with Crippen LogP contribution in [-0.2, 0) is 6.42 Å². The van der Waals surface area contributed by atoms with Crippen molar-refractivity contribution in [3.63, 3.8) is 0 Å². The van der Waals surface area contributed by atoms with E-state index >= 15 is 0 Å². The van der Waals surface area contributed by atoms with Crippen LogP contribution in [0.1, 0.15) is 11.1 Å². The zero-order chi connectivity index (χ0) is 35.1. The van der Waals surface area contributed by atoms with Crippen molar-refractivity contribution in [2.45, 2.75) is 16.2 Å². The molecule has 0 radical (unpaired) electrons. The molecule has 0 saturated carbocycles. The first-order valence-electron chi connectivity index (χ1n) is 18.0. The van der Waals surface area contributed by atoms with Crippen LogP contribution in [0.4, 0.5) is 34.1 Å². The van der Waals surface area contributed by atoms with Gasteiger partial charge < -0.3 is 9.80 Å². The fourth-order valence-electron chi connectivity index (χ4n) is 7.59. The molecule has 8 aromatic carbocycles. The topological polar surface area (TPSA) is 6.48 Å². The van der Waals surface area contributed by atoms with Gasteiger partial charge in [0.25, 0.3) is 0 Å². The molecular formula is C49H34N2S2. The number of para-hydroxylation sites is 2. The van der Waals surface area contributed by atoms with E-state index < -0.39 is 0 Å². The molecule has 0 unspecified atom stereocenters. The zero-order valence-electron chi connectivity index (χ0n) is 28.9. The second-order valence-corrected chi connectivity index (χ2v) is 15.4. The second-order valence-electron chi connectivity index (χ2n) is 13.3. The SMILES string of the molecule is c1ccc(N(c2ccc(-c3ccc(N(c4ccccc4)c4cccc5c4sc4ccccc45)cc3)cc2)c2cccc3c2Sc2ccccc2C3)cc1. The van der Waals surface area contributed by atoms with Crippen molar-refractivity contribution in [3.05, 3.63) is 205 Å². The van der Waals surface area contributed by atoms with E-state index in [0.29, 0.717) is 0 Å². The Balaban J connectivity index is 1.01. The van der Waals surface area contributed by atoms with Crippen LogP contribution in [0.3, 0.4) is 0 Å². The van der Waals surface area contributed by atoms with Crippen molar-refractivity contribution in [1.29, 1.82) is 0 Å². The third-order valence-electron chi connectivity index (χ3n) is 10.1. The van der Waals surface area contributed by atoms with Gasteiger partial charge in [0.15, 0.2) is 0 Å². The van der Waals surface area contributed by atoms with Gasteiger partial charge in [-0.15, -0.1) is 11.3 Å². The molecule has 0 N–H and O–H groups in total. The Hall–Kier alpha value is -6.07. The van der Waals surface area contributed by atoms with Crippen LogP contribution < -0.4 is 9.80 Å². The van der Waals surface area contributed by atoms with Gasteiger partial charge in [-0.2, -0.15) is 0 Å². The molecule has 252 valence electrons. The molecule has 0 amide bonds. The third kappa shape index (κ3) is 5.77. The maximum absolute atomic E-state index is 2.40. The molecule has 0 atom stereocenters. The molecule has 53 heavy (non-hydrogen) atoms. The largest absolute Gasteiger partial charge is 0.309 e. The Bertz CT molecular complexity index is 2720. The number of anilines is 6. The summed E-state index contributed by atoms with van der Waals surface area (Å²) < 4.78 is 2.60. The fourth-order valence-corrected chi connectivity index (χ4v) is 9.97.